The van der Waals surface area contributed by atoms with Gasteiger partial charge in [-0.3, -0.25) is 9.78 Å². The third-order valence-corrected chi connectivity index (χ3v) is 4.67. The van der Waals surface area contributed by atoms with Crippen molar-refractivity contribution in [1.29, 1.82) is 0 Å². The molecule has 0 spiro atoms. The fourth-order valence-electron chi connectivity index (χ4n) is 3.28. The molecule has 0 aliphatic carbocycles. The van der Waals surface area contributed by atoms with E-state index in [9.17, 15) is 13.6 Å². The summed E-state index contributed by atoms with van der Waals surface area (Å²) in [4.78, 5) is 26.5. The summed E-state index contributed by atoms with van der Waals surface area (Å²) >= 11 is 0. The summed E-state index contributed by atoms with van der Waals surface area (Å²) in [6.45, 7) is 1.81. The van der Waals surface area contributed by atoms with Gasteiger partial charge in [0, 0.05) is 48.9 Å². The number of anilines is 1. The van der Waals surface area contributed by atoms with Crippen LogP contribution in [0.15, 0.2) is 49.1 Å². The van der Waals surface area contributed by atoms with Crippen molar-refractivity contribution in [2.75, 3.05) is 5.32 Å². The average molecular weight is 407 g/mol. The summed E-state index contributed by atoms with van der Waals surface area (Å²) in [5.41, 5.74) is 3.45. The molecule has 0 radical (unpaired) electrons. The van der Waals surface area contributed by atoms with Gasteiger partial charge in [0.2, 0.25) is 5.95 Å². The topological polar surface area (TPSA) is 83.6 Å². The molecule has 0 unspecified atom stereocenters. The molecule has 0 aromatic carbocycles. The van der Waals surface area contributed by atoms with Crippen LogP contribution in [0.25, 0.3) is 11.0 Å². The minimum Gasteiger partial charge on any atom is -0.366 e. The third-order valence-electron chi connectivity index (χ3n) is 4.67. The zero-order valence-electron chi connectivity index (χ0n) is 16.2. The number of aromatic nitrogens is 4. The van der Waals surface area contributed by atoms with Gasteiger partial charge in [0.1, 0.15) is 23.1 Å². The first-order chi connectivity index (χ1) is 14.5. The van der Waals surface area contributed by atoms with Gasteiger partial charge in [0.15, 0.2) is 0 Å². The highest BCUT2D eigenvalue weighted by atomic mass is 19.1. The first-order valence-electron chi connectivity index (χ1n) is 9.41. The quantitative estimate of drug-likeness (QED) is 0.453. The minimum atomic E-state index is -0.584. The predicted octanol–water partition coefficient (Wildman–Crippen LogP) is 3.97. The number of nitrogens with zero attached hydrogens (tertiary/aromatic N) is 3. The number of pyridine rings is 3. The largest absolute Gasteiger partial charge is 0.366 e. The van der Waals surface area contributed by atoms with Crippen LogP contribution in [0.5, 0.6) is 0 Å². The molecule has 8 heteroatoms. The second-order valence-electron chi connectivity index (χ2n) is 7.12. The molecular formula is C22H19F2N5O. The molecule has 2 N–H and O–H groups in total. The van der Waals surface area contributed by atoms with Crippen LogP contribution >= 0.6 is 0 Å². The van der Waals surface area contributed by atoms with Crippen LogP contribution in [0.3, 0.4) is 0 Å². The summed E-state index contributed by atoms with van der Waals surface area (Å²) in [6.07, 6.45) is 6.76. The van der Waals surface area contributed by atoms with Crippen LogP contribution in [0.2, 0.25) is 0 Å². The molecule has 4 rings (SSSR count). The highest BCUT2D eigenvalue weighted by Gasteiger charge is 2.12. The first-order valence-corrected chi connectivity index (χ1v) is 9.41. The zero-order valence-corrected chi connectivity index (χ0v) is 16.2. The summed E-state index contributed by atoms with van der Waals surface area (Å²) < 4.78 is 27.8. The summed E-state index contributed by atoms with van der Waals surface area (Å²) in [6, 6.07) is 6.61. The molecule has 0 fully saturated rings. The second-order valence-corrected chi connectivity index (χ2v) is 7.12. The molecule has 4 aromatic rings. The number of aromatic amines is 1. The molecule has 0 saturated heterocycles. The van der Waals surface area contributed by atoms with Gasteiger partial charge in [-0.15, -0.1) is 0 Å². The number of nitrogens with one attached hydrogen (secondary N) is 2. The van der Waals surface area contributed by atoms with Gasteiger partial charge in [-0.25, -0.2) is 14.4 Å². The number of halogens is 2. The number of hydrogen-bond acceptors (Lipinski definition) is 5. The standard InChI is InChI=1S/C22H19F2N5O/c1-13(30)4-14-6-19-17(11-28-22(19)27-9-14)7-16-2-3-20(29-21(16)24)26-10-15-5-18(23)12-25-8-15/h2-3,5-6,8-9,11-12H,4,7,10H2,1H3,(H,26,29)(H,27,28). The van der Waals surface area contributed by atoms with E-state index in [1.807, 2.05) is 6.07 Å². The maximum absolute atomic E-state index is 14.6. The Labute approximate surface area is 171 Å². The number of hydrogen-bond donors (Lipinski definition) is 2. The van der Waals surface area contributed by atoms with E-state index in [0.29, 0.717) is 35.4 Å². The van der Waals surface area contributed by atoms with Gasteiger partial charge in [0.05, 0.1) is 6.20 Å². The van der Waals surface area contributed by atoms with Gasteiger partial charge in [-0.1, -0.05) is 6.07 Å². The Morgan fingerprint density at radius 3 is 2.73 bits per heavy atom. The number of Topliss-reactive ketones (excluding diaryl/α,β-unsaturated/α-hetero) is 1. The Morgan fingerprint density at radius 1 is 1.10 bits per heavy atom. The van der Waals surface area contributed by atoms with Crippen LogP contribution in [0.4, 0.5) is 14.6 Å². The van der Waals surface area contributed by atoms with Gasteiger partial charge in [-0.2, -0.15) is 4.39 Å². The summed E-state index contributed by atoms with van der Waals surface area (Å²) in [5.74, 6) is -0.603. The molecule has 30 heavy (non-hydrogen) atoms. The first kappa shape index (κ1) is 19.6. The molecule has 0 aliphatic rings. The lowest BCUT2D eigenvalue weighted by Crippen LogP contribution is -2.05. The van der Waals surface area contributed by atoms with Crippen molar-refractivity contribution in [1.82, 2.24) is 19.9 Å². The van der Waals surface area contributed by atoms with Crippen molar-refractivity contribution in [2.45, 2.75) is 26.3 Å². The lowest BCUT2D eigenvalue weighted by molar-refractivity contribution is -0.116. The lowest BCUT2D eigenvalue weighted by Gasteiger charge is -2.08. The minimum absolute atomic E-state index is 0.0561. The van der Waals surface area contributed by atoms with Gasteiger partial charge in [0.25, 0.3) is 0 Å². The third kappa shape index (κ3) is 4.48. The van der Waals surface area contributed by atoms with E-state index in [-0.39, 0.29) is 12.3 Å². The second kappa shape index (κ2) is 8.36. The normalized spacial score (nSPS) is 11.0. The number of rotatable bonds is 7. The number of ketones is 1. The van der Waals surface area contributed by atoms with E-state index in [1.165, 1.54) is 19.2 Å². The van der Waals surface area contributed by atoms with Crippen LogP contribution in [-0.4, -0.2) is 25.7 Å². The Balaban J connectivity index is 1.50. The highest BCUT2D eigenvalue weighted by molar-refractivity contribution is 5.83. The number of carbonyl (C=O) groups is 1. The van der Waals surface area contributed by atoms with Gasteiger partial charge >= 0.3 is 0 Å². The van der Waals surface area contributed by atoms with Gasteiger partial charge in [-0.05, 0) is 41.8 Å². The van der Waals surface area contributed by atoms with Crippen molar-refractivity contribution in [2.24, 2.45) is 0 Å². The van der Waals surface area contributed by atoms with Gasteiger partial charge < -0.3 is 10.3 Å². The monoisotopic (exact) mass is 407 g/mol. The Hall–Kier alpha value is -3.68. The van der Waals surface area contributed by atoms with Crippen molar-refractivity contribution in [3.8, 4) is 0 Å². The van der Waals surface area contributed by atoms with Crippen LogP contribution < -0.4 is 5.32 Å². The van der Waals surface area contributed by atoms with E-state index >= 15 is 0 Å². The molecule has 0 aliphatic heterocycles. The molecule has 0 amide bonds. The zero-order chi connectivity index (χ0) is 21.1. The van der Waals surface area contributed by atoms with Crippen molar-refractivity contribution < 1.29 is 13.6 Å². The van der Waals surface area contributed by atoms with Crippen molar-refractivity contribution in [3.05, 3.63) is 83.1 Å². The molecule has 152 valence electrons. The molecular weight excluding hydrogens is 388 g/mol. The Bertz CT molecular complexity index is 1220. The molecule has 0 bridgehead atoms. The molecule has 4 heterocycles. The fraction of sp³-hybridized carbons (Fsp3) is 0.182. The fourth-order valence-corrected chi connectivity index (χ4v) is 3.28. The molecule has 0 saturated carbocycles. The molecule has 0 atom stereocenters. The Morgan fingerprint density at radius 2 is 1.97 bits per heavy atom. The number of carbonyl (C=O) groups excluding carboxylic acids is 1. The van der Waals surface area contributed by atoms with Crippen LogP contribution in [0, 0.1) is 11.8 Å². The van der Waals surface area contributed by atoms with E-state index < -0.39 is 11.8 Å². The Kier molecular flexibility index (Phi) is 5.47. The predicted molar refractivity (Wildman–Crippen MR) is 109 cm³/mol. The van der Waals surface area contributed by atoms with E-state index in [4.69, 9.17) is 0 Å². The van der Waals surface area contributed by atoms with Crippen LogP contribution in [0.1, 0.15) is 29.2 Å². The summed E-state index contributed by atoms with van der Waals surface area (Å²) in [7, 11) is 0. The number of H-pyrrole nitrogens is 1. The van der Waals surface area contributed by atoms with Crippen LogP contribution in [-0.2, 0) is 24.2 Å². The lowest BCUT2D eigenvalue weighted by atomic mass is 10.0. The van der Waals surface area contributed by atoms with E-state index in [1.54, 1.807) is 24.5 Å². The average Bonchev–Trinajstić information content (AvgIpc) is 3.10. The SMILES string of the molecule is CC(=O)Cc1cnc2[nH]cc(Cc3ccc(NCc4cncc(F)c4)nc3F)c2c1. The summed E-state index contributed by atoms with van der Waals surface area (Å²) in [5, 5.41) is 3.82. The maximum atomic E-state index is 14.6. The smallest absolute Gasteiger partial charge is 0.218 e. The molecule has 6 nitrogen and oxygen atoms in total. The van der Waals surface area contributed by atoms with E-state index in [0.717, 1.165) is 22.7 Å². The van der Waals surface area contributed by atoms with E-state index in [2.05, 4.69) is 25.3 Å². The highest BCUT2D eigenvalue weighted by Crippen LogP contribution is 2.23. The maximum Gasteiger partial charge on any atom is 0.218 e. The number of fused-ring (bicyclic) bond motifs is 1. The van der Waals surface area contributed by atoms with Crippen molar-refractivity contribution in [3.63, 3.8) is 0 Å². The molecule has 4 aromatic heterocycles. The van der Waals surface area contributed by atoms with Crippen molar-refractivity contribution >= 4 is 22.6 Å².